The van der Waals surface area contributed by atoms with E-state index < -0.39 is 0 Å². The fourth-order valence-corrected chi connectivity index (χ4v) is 1.34. The maximum Gasteiger partial charge on any atom is 0.135 e. The summed E-state index contributed by atoms with van der Waals surface area (Å²) < 4.78 is 0. The van der Waals surface area contributed by atoms with E-state index >= 15 is 0 Å². The number of hydrogen-bond donors (Lipinski definition) is 0. The third kappa shape index (κ3) is 1.54. The van der Waals surface area contributed by atoms with Crippen molar-refractivity contribution >= 4 is 5.78 Å². The molecule has 2 atom stereocenters. The molecule has 0 radical (unpaired) electrons. The Kier molecular flexibility index (Phi) is 1.89. The molecule has 1 aliphatic carbocycles. The molecule has 0 aliphatic heterocycles. The number of carbonyl (C=O) groups excluding carboxylic acids is 1. The zero-order valence-corrected chi connectivity index (χ0v) is 6.18. The van der Waals surface area contributed by atoms with Crippen LogP contribution >= 0.6 is 0 Å². The number of hydrogen-bond acceptors (Lipinski definition) is 1. The molecule has 1 heteroatoms. The van der Waals surface area contributed by atoms with Crippen LogP contribution in [0.2, 0.25) is 0 Å². The summed E-state index contributed by atoms with van der Waals surface area (Å²) in [7, 11) is 0. The molecule has 1 nitrogen and oxygen atoms in total. The van der Waals surface area contributed by atoms with Crippen LogP contribution in [0.25, 0.3) is 0 Å². The van der Waals surface area contributed by atoms with Crippen LogP contribution in [0.15, 0.2) is 0 Å². The van der Waals surface area contributed by atoms with E-state index in [0.717, 1.165) is 12.8 Å². The lowest BCUT2D eigenvalue weighted by atomic mass is 9.83. The number of Topliss-reactive ketones (excluding diaryl/α,β-unsaturated/α-hetero) is 1. The standard InChI is InChI=1S/C8H14O/c1-6-3-4-7(2)8(9)5-6/h6-7H,3-5H2,1-2H3/t6?,7-/m1/s1. The van der Waals surface area contributed by atoms with Crippen molar-refractivity contribution in [1.29, 1.82) is 0 Å². The zero-order chi connectivity index (χ0) is 6.85. The first-order chi connectivity index (χ1) is 4.20. The fourth-order valence-electron chi connectivity index (χ4n) is 1.34. The molecule has 1 aliphatic rings. The summed E-state index contributed by atoms with van der Waals surface area (Å²) in [6.07, 6.45) is 3.17. The van der Waals surface area contributed by atoms with Gasteiger partial charge < -0.3 is 0 Å². The summed E-state index contributed by atoms with van der Waals surface area (Å²) in [5.41, 5.74) is 0. The van der Waals surface area contributed by atoms with E-state index in [4.69, 9.17) is 0 Å². The second-order valence-corrected chi connectivity index (χ2v) is 3.25. The lowest BCUT2D eigenvalue weighted by molar-refractivity contribution is -0.125. The first-order valence-electron chi connectivity index (χ1n) is 3.73. The van der Waals surface area contributed by atoms with Gasteiger partial charge in [-0.2, -0.15) is 0 Å². The van der Waals surface area contributed by atoms with Crippen molar-refractivity contribution in [3.63, 3.8) is 0 Å². The molecule has 0 aromatic rings. The van der Waals surface area contributed by atoms with Crippen molar-refractivity contribution < 1.29 is 4.79 Å². The Bertz CT molecular complexity index is 118. The molecule has 0 N–H and O–H groups in total. The van der Waals surface area contributed by atoms with Gasteiger partial charge in [-0.25, -0.2) is 0 Å². The highest BCUT2D eigenvalue weighted by Crippen LogP contribution is 2.24. The topological polar surface area (TPSA) is 17.1 Å². The molecule has 1 saturated carbocycles. The van der Waals surface area contributed by atoms with Gasteiger partial charge in [0.25, 0.3) is 0 Å². The van der Waals surface area contributed by atoms with E-state index in [-0.39, 0.29) is 0 Å². The van der Waals surface area contributed by atoms with Crippen molar-refractivity contribution in [3.8, 4) is 0 Å². The van der Waals surface area contributed by atoms with Crippen molar-refractivity contribution in [3.05, 3.63) is 0 Å². The monoisotopic (exact) mass is 126 g/mol. The van der Waals surface area contributed by atoms with E-state index in [9.17, 15) is 4.79 Å². The highest BCUT2D eigenvalue weighted by atomic mass is 16.1. The lowest BCUT2D eigenvalue weighted by Crippen LogP contribution is -2.20. The predicted molar refractivity (Wildman–Crippen MR) is 37.2 cm³/mol. The molecule has 0 amide bonds. The first-order valence-corrected chi connectivity index (χ1v) is 3.73. The van der Waals surface area contributed by atoms with E-state index in [1.807, 2.05) is 6.92 Å². The first kappa shape index (κ1) is 6.79. The molecule has 0 aromatic heterocycles. The summed E-state index contributed by atoms with van der Waals surface area (Å²) in [5.74, 6) is 1.46. The van der Waals surface area contributed by atoms with Gasteiger partial charge in [0.2, 0.25) is 0 Å². The Labute approximate surface area is 56.4 Å². The molecule has 52 valence electrons. The molecule has 0 aromatic carbocycles. The van der Waals surface area contributed by atoms with E-state index in [1.54, 1.807) is 0 Å². The third-order valence-corrected chi connectivity index (χ3v) is 2.19. The van der Waals surface area contributed by atoms with Crippen LogP contribution in [-0.4, -0.2) is 5.78 Å². The average molecular weight is 126 g/mol. The summed E-state index contributed by atoms with van der Waals surface area (Å²) >= 11 is 0. The number of ketones is 1. The molecule has 1 rings (SSSR count). The van der Waals surface area contributed by atoms with Crippen LogP contribution in [0.3, 0.4) is 0 Å². The molecule has 9 heavy (non-hydrogen) atoms. The summed E-state index contributed by atoms with van der Waals surface area (Å²) in [6, 6.07) is 0. The van der Waals surface area contributed by atoms with Crippen LogP contribution in [-0.2, 0) is 4.79 Å². The predicted octanol–water partition coefficient (Wildman–Crippen LogP) is 2.01. The molecule has 1 unspecified atom stereocenters. The quantitative estimate of drug-likeness (QED) is 0.485. The molecule has 0 heterocycles. The molecular weight excluding hydrogens is 112 g/mol. The van der Waals surface area contributed by atoms with Crippen molar-refractivity contribution in [2.24, 2.45) is 11.8 Å². The smallest absolute Gasteiger partial charge is 0.135 e. The highest BCUT2D eigenvalue weighted by Gasteiger charge is 2.21. The van der Waals surface area contributed by atoms with Crippen molar-refractivity contribution in [2.45, 2.75) is 33.1 Å². The van der Waals surface area contributed by atoms with Crippen LogP contribution in [0.1, 0.15) is 33.1 Å². The third-order valence-electron chi connectivity index (χ3n) is 2.19. The van der Waals surface area contributed by atoms with Crippen LogP contribution in [0, 0.1) is 11.8 Å². The Hall–Kier alpha value is -0.330. The van der Waals surface area contributed by atoms with E-state index in [2.05, 4.69) is 6.92 Å². The number of carbonyl (C=O) groups is 1. The summed E-state index contributed by atoms with van der Waals surface area (Å²) in [6.45, 7) is 4.19. The minimum absolute atomic E-state index is 0.348. The molecule has 0 spiro atoms. The van der Waals surface area contributed by atoms with Crippen molar-refractivity contribution in [1.82, 2.24) is 0 Å². The van der Waals surface area contributed by atoms with Gasteiger partial charge in [0.15, 0.2) is 0 Å². The maximum absolute atomic E-state index is 11.0. The lowest BCUT2D eigenvalue weighted by Gasteiger charge is -2.21. The van der Waals surface area contributed by atoms with Crippen LogP contribution in [0.4, 0.5) is 0 Å². The van der Waals surface area contributed by atoms with Gasteiger partial charge in [0.1, 0.15) is 5.78 Å². The summed E-state index contributed by atoms with van der Waals surface area (Å²) in [4.78, 5) is 11.0. The minimum Gasteiger partial charge on any atom is -0.299 e. The van der Waals surface area contributed by atoms with Gasteiger partial charge in [-0.3, -0.25) is 4.79 Å². The fraction of sp³-hybridized carbons (Fsp3) is 0.875. The van der Waals surface area contributed by atoms with E-state index in [0.29, 0.717) is 17.6 Å². The Morgan fingerprint density at radius 2 is 2.00 bits per heavy atom. The van der Waals surface area contributed by atoms with Gasteiger partial charge in [-0.1, -0.05) is 13.8 Å². The second kappa shape index (κ2) is 2.51. The van der Waals surface area contributed by atoms with Gasteiger partial charge in [-0.15, -0.1) is 0 Å². The Morgan fingerprint density at radius 1 is 1.33 bits per heavy atom. The number of rotatable bonds is 0. The van der Waals surface area contributed by atoms with Gasteiger partial charge in [0.05, 0.1) is 0 Å². The van der Waals surface area contributed by atoms with E-state index in [1.165, 1.54) is 6.42 Å². The largest absolute Gasteiger partial charge is 0.299 e. The average Bonchev–Trinajstić information content (AvgIpc) is 1.80. The molecular formula is C8H14O. The van der Waals surface area contributed by atoms with Gasteiger partial charge in [0, 0.05) is 12.3 Å². The van der Waals surface area contributed by atoms with Gasteiger partial charge in [-0.05, 0) is 18.8 Å². The van der Waals surface area contributed by atoms with Gasteiger partial charge >= 0.3 is 0 Å². The Morgan fingerprint density at radius 3 is 2.44 bits per heavy atom. The minimum atomic E-state index is 0.348. The van der Waals surface area contributed by atoms with Crippen molar-refractivity contribution in [2.75, 3.05) is 0 Å². The second-order valence-electron chi connectivity index (χ2n) is 3.25. The molecule has 1 fully saturated rings. The molecule has 0 saturated heterocycles. The van der Waals surface area contributed by atoms with Crippen LogP contribution in [0.5, 0.6) is 0 Å². The SMILES string of the molecule is CC1CC[C@@H](C)C(=O)C1. The Balaban J connectivity index is 2.44. The maximum atomic E-state index is 11.0. The molecule has 0 bridgehead atoms. The zero-order valence-electron chi connectivity index (χ0n) is 6.18. The highest BCUT2D eigenvalue weighted by molar-refractivity contribution is 5.81. The normalized spacial score (nSPS) is 36.9. The summed E-state index contributed by atoms with van der Waals surface area (Å²) in [5, 5.41) is 0. The van der Waals surface area contributed by atoms with Crippen LogP contribution < -0.4 is 0 Å².